The molecule has 0 aliphatic heterocycles. The van der Waals surface area contributed by atoms with Gasteiger partial charge in [0.25, 0.3) is 0 Å². The molecule has 0 N–H and O–H groups in total. The Morgan fingerprint density at radius 3 is 2.18 bits per heavy atom. The Balaban J connectivity index is 2.19. The van der Waals surface area contributed by atoms with E-state index < -0.39 is 5.97 Å². The van der Waals surface area contributed by atoms with E-state index in [1.807, 2.05) is 24.3 Å². The largest absolute Gasteiger partial charge is 0.373 e. The Labute approximate surface area is 134 Å². The second-order valence-corrected chi connectivity index (χ2v) is 5.76. The van der Waals surface area contributed by atoms with Gasteiger partial charge in [-0.05, 0) is 37.0 Å². The van der Waals surface area contributed by atoms with Gasteiger partial charge in [-0.25, -0.2) is 4.79 Å². The minimum atomic E-state index is -0.409. The van der Waals surface area contributed by atoms with E-state index in [9.17, 15) is 4.79 Å². The molecule has 0 saturated carbocycles. The van der Waals surface area contributed by atoms with Gasteiger partial charge in [-0.1, -0.05) is 64.5 Å². The molecule has 0 fully saturated rings. The van der Waals surface area contributed by atoms with Gasteiger partial charge in [0.05, 0.1) is 12.2 Å². The lowest BCUT2D eigenvalue weighted by Crippen LogP contribution is -2.07. The minimum absolute atomic E-state index is 0.409. The Bertz CT molecular complexity index is 398. The summed E-state index contributed by atoms with van der Waals surface area (Å²) in [4.78, 5) is 21.6. The third-order valence-corrected chi connectivity index (χ3v) is 3.72. The topological polar surface area (TPSA) is 35.5 Å². The Kier molecular flexibility index (Phi) is 10.4. The van der Waals surface area contributed by atoms with E-state index in [-0.39, 0.29) is 0 Å². The fourth-order valence-electron chi connectivity index (χ4n) is 2.29. The first-order chi connectivity index (χ1) is 10.8. The summed E-state index contributed by atoms with van der Waals surface area (Å²) in [6.07, 6.45) is 10.5. The summed E-state index contributed by atoms with van der Waals surface area (Å²) in [7, 11) is 0. The quantitative estimate of drug-likeness (QED) is 0.291. The number of hydrogen-bond donors (Lipinski definition) is 0. The third-order valence-electron chi connectivity index (χ3n) is 3.72. The molecular formula is C19H30O3. The van der Waals surface area contributed by atoms with Crippen molar-refractivity contribution in [2.45, 2.75) is 71.6 Å². The lowest BCUT2D eigenvalue weighted by Gasteiger charge is -2.05. The summed E-state index contributed by atoms with van der Waals surface area (Å²) in [5.41, 5.74) is 1.81. The summed E-state index contributed by atoms with van der Waals surface area (Å²) in [5.74, 6) is -0.409. The summed E-state index contributed by atoms with van der Waals surface area (Å²) in [6, 6.07) is 7.62. The summed E-state index contributed by atoms with van der Waals surface area (Å²) >= 11 is 0. The Hall–Kier alpha value is -1.35. The molecular weight excluding hydrogens is 276 g/mol. The second-order valence-electron chi connectivity index (χ2n) is 5.76. The molecule has 0 heterocycles. The molecule has 0 saturated heterocycles. The van der Waals surface area contributed by atoms with E-state index in [2.05, 4.69) is 13.8 Å². The SMILES string of the molecule is CCCCCCCOOC(=O)c1ccc(CCCCC)cc1. The van der Waals surface area contributed by atoms with Gasteiger partial charge in [-0.2, -0.15) is 4.89 Å². The van der Waals surface area contributed by atoms with Crippen LogP contribution in [0.25, 0.3) is 0 Å². The highest BCUT2D eigenvalue weighted by Gasteiger charge is 2.08. The predicted octanol–water partition coefficient (Wildman–Crippen LogP) is 5.48. The van der Waals surface area contributed by atoms with Crippen LogP contribution in [0.1, 0.15) is 81.1 Å². The van der Waals surface area contributed by atoms with Crippen LogP contribution in [0, 0.1) is 0 Å². The van der Waals surface area contributed by atoms with Crippen molar-refractivity contribution in [3.8, 4) is 0 Å². The van der Waals surface area contributed by atoms with Crippen molar-refractivity contribution < 1.29 is 14.6 Å². The van der Waals surface area contributed by atoms with Crippen LogP contribution in [-0.2, 0) is 16.2 Å². The highest BCUT2D eigenvalue weighted by Crippen LogP contribution is 2.10. The van der Waals surface area contributed by atoms with Crippen LogP contribution in [0.5, 0.6) is 0 Å². The molecule has 0 unspecified atom stereocenters. The van der Waals surface area contributed by atoms with Gasteiger partial charge in [0.2, 0.25) is 0 Å². The van der Waals surface area contributed by atoms with Gasteiger partial charge in [-0.15, -0.1) is 0 Å². The molecule has 3 heteroatoms. The maximum atomic E-state index is 11.8. The van der Waals surface area contributed by atoms with Crippen LogP contribution >= 0.6 is 0 Å². The van der Waals surface area contributed by atoms with Crippen LogP contribution in [0.2, 0.25) is 0 Å². The zero-order valence-corrected chi connectivity index (χ0v) is 14.1. The van der Waals surface area contributed by atoms with E-state index in [0.717, 1.165) is 19.3 Å². The molecule has 0 aromatic heterocycles. The number of hydrogen-bond acceptors (Lipinski definition) is 3. The number of carbonyl (C=O) groups excluding carboxylic acids is 1. The van der Waals surface area contributed by atoms with Crippen LogP contribution in [0.4, 0.5) is 0 Å². The molecule has 0 amide bonds. The van der Waals surface area contributed by atoms with Crippen molar-refractivity contribution in [2.75, 3.05) is 6.61 Å². The lowest BCUT2D eigenvalue weighted by atomic mass is 10.1. The Morgan fingerprint density at radius 1 is 0.864 bits per heavy atom. The summed E-state index contributed by atoms with van der Waals surface area (Å²) in [5, 5.41) is 0. The molecule has 0 radical (unpaired) electrons. The molecule has 1 aromatic rings. The number of unbranched alkanes of at least 4 members (excludes halogenated alkanes) is 6. The van der Waals surface area contributed by atoms with Gasteiger partial charge in [-0.3, -0.25) is 4.89 Å². The molecule has 0 bridgehead atoms. The maximum Gasteiger partial charge on any atom is 0.373 e. The summed E-state index contributed by atoms with van der Waals surface area (Å²) < 4.78 is 0. The van der Waals surface area contributed by atoms with Gasteiger partial charge in [0.1, 0.15) is 0 Å². The molecule has 124 valence electrons. The van der Waals surface area contributed by atoms with E-state index in [1.54, 1.807) is 0 Å². The highest BCUT2D eigenvalue weighted by atomic mass is 17.2. The number of rotatable bonds is 12. The predicted molar refractivity (Wildman–Crippen MR) is 89.8 cm³/mol. The van der Waals surface area contributed by atoms with Crippen LogP contribution in [0.3, 0.4) is 0 Å². The first-order valence-corrected chi connectivity index (χ1v) is 8.70. The normalized spacial score (nSPS) is 10.6. The van der Waals surface area contributed by atoms with E-state index >= 15 is 0 Å². The van der Waals surface area contributed by atoms with Crippen molar-refractivity contribution in [3.05, 3.63) is 35.4 Å². The van der Waals surface area contributed by atoms with E-state index in [1.165, 1.54) is 44.1 Å². The van der Waals surface area contributed by atoms with Gasteiger partial charge in [0.15, 0.2) is 0 Å². The van der Waals surface area contributed by atoms with Crippen molar-refractivity contribution in [1.29, 1.82) is 0 Å². The fraction of sp³-hybridized carbons (Fsp3) is 0.632. The van der Waals surface area contributed by atoms with Crippen molar-refractivity contribution in [1.82, 2.24) is 0 Å². The zero-order chi connectivity index (χ0) is 16.0. The van der Waals surface area contributed by atoms with Crippen LogP contribution < -0.4 is 0 Å². The third kappa shape index (κ3) is 8.18. The number of benzene rings is 1. The molecule has 0 spiro atoms. The molecule has 22 heavy (non-hydrogen) atoms. The monoisotopic (exact) mass is 306 g/mol. The first kappa shape index (κ1) is 18.7. The second kappa shape index (κ2) is 12.2. The molecule has 0 aliphatic carbocycles. The lowest BCUT2D eigenvalue weighted by molar-refractivity contribution is -0.241. The van der Waals surface area contributed by atoms with Crippen LogP contribution in [-0.4, -0.2) is 12.6 Å². The van der Waals surface area contributed by atoms with Crippen LogP contribution in [0.15, 0.2) is 24.3 Å². The van der Waals surface area contributed by atoms with Crippen molar-refractivity contribution in [3.63, 3.8) is 0 Å². The van der Waals surface area contributed by atoms with Crippen molar-refractivity contribution >= 4 is 5.97 Å². The fourth-order valence-corrected chi connectivity index (χ4v) is 2.29. The molecule has 3 nitrogen and oxygen atoms in total. The van der Waals surface area contributed by atoms with Crippen molar-refractivity contribution in [2.24, 2.45) is 0 Å². The maximum absolute atomic E-state index is 11.8. The average Bonchev–Trinajstić information content (AvgIpc) is 2.55. The van der Waals surface area contributed by atoms with Gasteiger partial charge >= 0.3 is 5.97 Å². The standard InChI is InChI=1S/C19H30O3/c1-3-5-7-8-10-16-21-22-19(20)18-14-12-17(13-15-18)11-9-6-4-2/h12-15H,3-11,16H2,1-2H3. The molecule has 1 aromatic carbocycles. The number of aryl methyl sites for hydroxylation is 1. The number of carbonyl (C=O) groups is 1. The molecule has 0 atom stereocenters. The average molecular weight is 306 g/mol. The minimum Gasteiger partial charge on any atom is -0.293 e. The Morgan fingerprint density at radius 2 is 1.50 bits per heavy atom. The molecule has 0 aliphatic rings. The summed E-state index contributed by atoms with van der Waals surface area (Å²) in [6.45, 7) is 4.86. The molecule has 1 rings (SSSR count). The smallest absolute Gasteiger partial charge is 0.293 e. The zero-order valence-electron chi connectivity index (χ0n) is 14.1. The van der Waals surface area contributed by atoms with E-state index in [4.69, 9.17) is 9.78 Å². The van der Waals surface area contributed by atoms with E-state index in [0.29, 0.717) is 12.2 Å². The van der Waals surface area contributed by atoms with Gasteiger partial charge < -0.3 is 0 Å². The highest BCUT2D eigenvalue weighted by molar-refractivity contribution is 5.88. The van der Waals surface area contributed by atoms with Gasteiger partial charge in [0, 0.05) is 0 Å². The first-order valence-electron chi connectivity index (χ1n) is 8.70.